The molecule has 2 heterocycles. The fourth-order valence-corrected chi connectivity index (χ4v) is 4.50. The van der Waals surface area contributed by atoms with Gasteiger partial charge in [-0.3, -0.25) is 4.79 Å². The van der Waals surface area contributed by atoms with E-state index in [2.05, 4.69) is 47.3 Å². The number of hydrogen-bond acceptors (Lipinski definition) is 3. The predicted octanol–water partition coefficient (Wildman–Crippen LogP) is 5.96. The minimum Gasteiger partial charge on any atom is -0.330 e. The number of carbonyl (C=O) groups is 1. The molecule has 2 aromatic heterocycles. The number of thiophene rings is 1. The molecule has 0 saturated carbocycles. The van der Waals surface area contributed by atoms with Gasteiger partial charge >= 0.3 is 0 Å². The number of imidazole rings is 1. The maximum absolute atomic E-state index is 13.1. The molecule has 6 heteroatoms. The summed E-state index contributed by atoms with van der Waals surface area (Å²) in [6.07, 6.45) is 2.01. The Balaban J connectivity index is 1.92. The lowest BCUT2D eigenvalue weighted by Gasteiger charge is -2.23. The number of para-hydroxylation sites is 2. The van der Waals surface area contributed by atoms with Gasteiger partial charge < -0.3 is 9.47 Å². The summed E-state index contributed by atoms with van der Waals surface area (Å²) in [7, 11) is 0. The quantitative estimate of drug-likeness (QED) is 0.427. The highest BCUT2D eigenvalue weighted by molar-refractivity contribution is 9.11. The predicted molar refractivity (Wildman–Crippen MR) is 116 cm³/mol. The topological polar surface area (TPSA) is 38.1 Å². The van der Waals surface area contributed by atoms with E-state index >= 15 is 0 Å². The van der Waals surface area contributed by atoms with E-state index in [4.69, 9.17) is 4.98 Å². The van der Waals surface area contributed by atoms with Crippen molar-refractivity contribution in [3.05, 3.63) is 50.9 Å². The SMILES string of the molecule is CCCn1c(CN(CCC(C)C)C(=O)c2ccc(Br)s2)nc2ccccc21. The Kier molecular flexibility index (Phi) is 6.71. The molecule has 3 aromatic rings. The zero-order chi connectivity index (χ0) is 19.4. The van der Waals surface area contributed by atoms with E-state index in [1.54, 1.807) is 0 Å². The second kappa shape index (κ2) is 9.02. The fraction of sp³-hybridized carbons (Fsp3) is 0.429. The molecule has 4 nitrogen and oxygen atoms in total. The summed E-state index contributed by atoms with van der Waals surface area (Å²) in [5.74, 6) is 1.59. The Bertz CT molecular complexity index is 915. The van der Waals surface area contributed by atoms with Crippen molar-refractivity contribution in [3.63, 3.8) is 0 Å². The van der Waals surface area contributed by atoms with Gasteiger partial charge in [-0.1, -0.05) is 32.9 Å². The lowest BCUT2D eigenvalue weighted by atomic mass is 10.1. The molecular formula is C21H26BrN3OS. The van der Waals surface area contributed by atoms with Crippen LogP contribution in [0.25, 0.3) is 11.0 Å². The number of halogens is 1. The molecule has 0 aliphatic rings. The number of benzene rings is 1. The first kappa shape index (κ1) is 20.1. The molecule has 0 saturated heterocycles. The molecular weight excluding hydrogens is 422 g/mol. The number of aryl methyl sites for hydroxylation is 1. The van der Waals surface area contributed by atoms with Gasteiger partial charge in [0.25, 0.3) is 5.91 Å². The maximum Gasteiger partial charge on any atom is 0.264 e. The third kappa shape index (κ3) is 4.79. The van der Waals surface area contributed by atoms with Crippen LogP contribution in [0.4, 0.5) is 0 Å². The van der Waals surface area contributed by atoms with Gasteiger partial charge in [0.15, 0.2) is 0 Å². The van der Waals surface area contributed by atoms with Crippen molar-refractivity contribution in [2.45, 2.75) is 46.7 Å². The maximum atomic E-state index is 13.1. The minimum absolute atomic E-state index is 0.0847. The number of rotatable bonds is 8. The number of carbonyl (C=O) groups excluding carboxylic acids is 1. The molecule has 0 spiro atoms. The average molecular weight is 448 g/mol. The molecule has 0 radical (unpaired) electrons. The average Bonchev–Trinajstić information content (AvgIpc) is 3.22. The molecule has 0 atom stereocenters. The zero-order valence-electron chi connectivity index (χ0n) is 16.1. The molecule has 0 N–H and O–H groups in total. The Morgan fingerprint density at radius 2 is 2.04 bits per heavy atom. The summed E-state index contributed by atoms with van der Waals surface area (Å²) >= 11 is 4.95. The molecule has 3 rings (SSSR count). The number of hydrogen-bond donors (Lipinski definition) is 0. The van der Waals surface area contributed by atoms with Crippen molar-refractivity contribution in [2.24, 2.45) is 5.92 Å². The van der Waals surface area contributed by atoms with Gasteiger partial charge in [0.2, 0.25) is 0 Å². The summed E-state index contributed by atoms with van der Waals surface area (Å²) in [5.41, 5.74) is 2.14. The molecule has 0 fully saturated rings. The Morgan fingerprint density at radius 1 is 1.26 bits per heavy atom. The van der Waals surface area contributed by atoms with Crippen LogP contribution < -0.4 is 0 Å². The first-order valence-electron chi connectivity index (χ1n) is 9.48. The second-order valence-electron chi connectivity index (χ2n) is 7.18. The third-order valence-corrected chi connectivity index (χ3v) is 6.17. The molecule has 144 valence electrons. The van der Waals surface area contributed by atoms with Crippen LogP contribution in [0.3, 0.4) is 0 Å². The van der Waals surface area contributed by atoms with Crippen LogP contribution in [-0.4, -0.2) is 26.9 Å². The molecule has 0 aliphatic carbocycles. The largest absolute Gasteiger partial charge is 0.330 e. The second-order valence-corrected chi connectivity index (χ2v) is 9.64. The lowest BCUT2D eigenvalue weighted by molar-refractivity contribution is 0.0734. The van der Waals surface area contributed by atoms with E-state index in [0.717, 1.165) is 51.5 Å². The van der Waals surface area contributed by atoms with Crippen molar-refractivity contribution < 1.29 is 4.79 Å². The van der Waals surface area contributed by atoms with Gasteiger partial charge in [-0.25, -0.2) is 4.98 Å². The standard InChI is InChI=1S/C21H26BrN3OS/c1-4-12-25-17-8-6-5-7-16(17)23-20(25)14-24(13-11-15(2)3)21(26)18-9-10-19(22)27-18/h5-10,15H,4,11-14H2,1-3H3. The number of nitrogens with zero attached hydrogens (tertiary/aromatic N) is 3. The van der Waals surface area contributed by atoms with Gasteiger partial charge in [-0.2, -0.15) is 0 Å². The minimum atomic E-state index is 0.0847. The summed E-state index contributed by atoms with van der Waals surface area (Å²) in [6.45, 7) is 8.74. The summed E-state index contributed by atoms with van der Waals surface area (Å²) in [4.78, 5) is 20.7. The van der Waals surface area contributed by atoms with Gasteiger partial charge in [-0.15, -0.1) is 11.3 Å². The molecule has 0 bridgehead atoms. The van der Waals surface area contributed by atoms with E-state index in [-0.39, 0.29) is 5.91 Å². The van der Waals surface area contributed by atoms with Crippen molar-refractivity contribution in [2.75, 3.05) is 6.54 Å². The molecule has 1 amide bonds. The zero-order valence-corrected chi connectivity index (χ0v) is 18.5. The van der Waals surface area contributed by atoms with Crippen molar-refractivity contribution >= 4 is 44.2 Å². The van der Waals surface area contributed by atoms with Crippen LogP contribution in [0.15, 0.2) is 40.2 Å². The normalized spacial score (nSPS) is 11.4. The van der Waals surface area contributed by atoms with Crippen LogP contribution in [0, 0.1) is 5.92 Å². The van der Waals surface area contributed by atoms with Crippen LogP contribution in [0.1, 0.15) is 49.1 Å². The Labute approximate surface area is 173 Å². The van der Waals surface area contributed by atoms with Gasteiger partial charge in [0.05, 0.1) is 26.2 Å². The van der Waals surface area contributed by atoms with E-state index in [0.29, 0.717) is 12.5 Å². The highest BCUT2D eigenvalue weighted by Gasteiger charge is 2.21. The molecule has 1 aromatic carbocycles. The van der Waals surface area contributed by atoms with E-state index in [1.165, 1.54) is 11.3 Å². The smallest absolute Gasteiger partial charge is 0.264 e. The number of amides is 1. The van der Waals surface area contributed by atoms with E-state index < -0.39 is 0 Å². The first-order valence-corrected chi connectivity index (χ1v) is 11.1. The highest BCUT2D eigenvalue weighted by atomic mass is 79.9. The van der Waals surface area contributed by atoms with Gasteiger partial charge in [-0.05, 0) is 59.0 Å². The number of fused-ring (bicyclic) bond motifs is 1. The summed E-state index contributed by atoms with van der Waals surface area (Å²) < 4.78 is 3.24. The van der Waals surface area contributed by atoms with Crippen molar-refractivity contribution in [1.82, 2.24) is 14.5 Å². The van der Waals surface area contributed by atoms with E-state index in [9.17, 15) is 4.79 Å². The summed E-state index contributed by atoms with van der Waals surface area (Å²) in [5, 5.41) is 0. The summed E-state index contributed by atoms with van der Waals surface area (Å²) in [6, 6.07) is 12.0. The van der Waals surface area contributed by atoms with Crippen molar-refractivity contribution in [1.29, 1.82) is 0 Å². The molecule has 27 heavy (non-hydrogen) atoms. The highest BCUT2D eigenvalue weighted by Crippen LogP contribution is 2.25. The fourth-order valence-electron chi connectivity index (χ4n) is 3.14. The Hall–Kier alpha value is -1.66. The van der Waals surface area contributed by atoms with Crippen molar-refractivity contribution in [3.8, 4) is 0 Å². The van der Waals surface area contributed by atoms with Gasteiger partial charge in [0.1, 0.15) is 5.82 Å². The van der Waals surface area contributed by atoms with Crippen LogP contribution in [-0.2, 0) is 13.1 Å². The molecule has 0 unspecified atom stereocenters. The first-order chi connectivity index (χ1) is 13.0. The lowest BCUT2D eigenvalue weighted by Crippen LogP contribution is -2.32. The van der Waals surface area contributed by atoms with Crippen LogP contribution in [0.5, 0.6) is 0 Å². The Morgan fingerprint density at radius 3 is 2.70 bits per heavy atom. The molecule has 0 aliphatic heterocycles. The number of aromatic nitrogens is 2. The third-order valence-electron chi connectivity index (χ3n) is 4.56. The van der Waals surface area contributed by atoms with Gasteiger partial charge in [0, 0.05) is 13.1 Å². The van der Waals surface area contributed by atoms with E-state index in [1.807, 2.05) is 35.2 Å². The monoisotopic (exact) mass is 447 g/mol. The van der Waals surface area contributed by atoms with Crippen LogP contribution in [0.2, 0.25) is 0 Å². The van der Waals surface area contributed by atoms with Crippen LogP contribution >= 0.6 is 27.3 Å².